The highest BCUT2D eigenvalue weighted by Crippen LogP contribution is 2.22. The molecule has 0 fully saturated rings. The standard InChI is InChI=1S/C20H21NO4/c1-24-18-10-8-17(9-11-18)21-19(22)13-25-20(23)16-7-6-14-4-2-3-5-15(14)12-16/h6-12H,2-5,13H2,1H3,(H,21,22). The quantitative estimate of drug-likeness (QED) is 0.848. The molecule has 1 aliphatic rings. The number of benzene rings is 2. The molecule has 0 spiro atoms. The first-order chi connectivity index (χ1) is 12.2. The Labute approximate surface area is 147 Å². The zero-order valence-corrected chi connectivity index (χ0v) is 14.2. The van der Waals surface area contributed by atoms with Crippen molar-refractivity contribution in [1.82, 2.24) is 0 Å². The van der Waals surface area contributed by atoms with Gasteiger partial charge in [-0.15, -0.1) is 0 Å². The third kappa shape index (κ3) is 4.38. The fourth-order valence-electron chi connectivity index (χ4n) is 2.95. The number of carbonyl (C=O) groups is 2. The molecule has 5 nitrogen and oxygen atoms in total. The van der Waals surface area contributed by atoms with Crippen LogP contribution in [0.15, 0.2) is 42.5 Å². The second-order valence-electron chi connectivity index (χ2n) is 6.04. The lowest BCUT2D eigenvalue weighted by Gasteiger charge is -2.16. The molecule has 25 heavy (non-hydrogen) atoms. The lowest BCUT2D eigenvalue weighted by Crippen LogP contribution is -2.21. The summed E-state index contributed by atoms with van der Waals surface area (Å²) < 4.78 is 10.2. The molecule has 0 unspecified atom stereocenters. The molecule has 0 heterocycles. The van der Waals surface area contributed by atoms with Gasteiger partial charge in [0.25, 0.3) is 5.91 Å². The van der Waals surface area contributed by atoms with Crippen molar-refractivity contribution in [2.24, 2.45) is 0 Å². The number of hydrogen-bond acceptors (Lipinski definition) is 4. The summed E-state index contributed by atoms with van der Waals surface area (Å²) in [4.78, 5) is 24.1. The van der Waals surface area contributed by atoms with Gasteiger partial charge >= 0.3 is 5.97 Å². The molecule has 0 bridgehead atoms. The Balaban J connectivity index is 1.53. The van der Waals surface area contributed by atoms with E-state index in [1.165, 1.54) is 17.5 Å². The summed E-state index contributed by atoms with van der Waals surface area (Å²) in [5.74, 6) is -0.147. The highest BCUT2D eigenvalue weighted by molar-refractivity contribution is 5.95. The summed E-state index contributed by atoms with van der Waals surface area (Å²) in [5.41, 5.74) is 3.64. The van der Waals surface area contributed by atoms with Gasteiger partial charge in [-0.25, -0.2) is 4.79 Å². The fourth-order valence-corrected chi connectivity index (χ4v) is 2.95. The Bertz CT molecular complexity index is 768. The lowest BCUT2D eigenvalue weighted by atomic mass is 9.90. The molecular weight excluding hydrogens is 318 g/mol. The van der Waals surface area contributed by atoms with Crippen molar-refractivity contribution in [2.75, 3.05) is 19.0 Å². The molecular formula is C20H21NO4. The van der Waals surface area contributed by atoms with Crippen LogP contribution in [0.25, 0.3) is 0 Å². The topological polar surface area (TPSA) is 64.6 Å². The number of esters is 1. The molecule has 0 saturated carbocycles. The maximum Gasteiger partial charge on any atom is 0.338 e. The molecule has 3 rings (SSSR count). The highest BCUT2D eigenvalue weighted by atomic mass is 16.5. The van der Waals surface area contributed by atoms with Gasteiger partial charge in [0, 0.05) is 5.69 Å². The Morgan fingerprint density at radius 2 is 1.72 bits per heavy atom. The van der Waals surface area contributed by atoms with E-state index in [1.807, 2.05) is 12.1 Å². The van der Waals surface area contributed by atoms with E-state index < -0.39 is 5.97 Å². The number of rotatable bonds is 5. The molecule has 0 aliphatic heterocycles. The van der Waals surface area contributed by atoms with Crippen molar-refractivity contribution < 1.29 is 19.1 Å². The van der Waals surface area contributed by atoms with E-state index in [-0.39, 0.29) is 12.5 Å². The number of amides is 1. The summed E-state index contributed by atoms with van der Waals surface area (Å²) in [7, 11) is 1.58. The average Bonchev–Trinajstić information content (AvgIpc) is 2.66. The second kappa shape index (κ2) is 7.83. The minimum Gasteiger partial charge on any atom is -0.497 e. The maximum atomic E-state index is 12.2. The van der Waals surface area contributed by atoms with E-state index in [0.717, 1.165) is 19.3 Å². The van der Waals surface area contributed by atoms with Crippen LogP contribution in [0.4, 0.5) is 5.69 Å². The molecule has 5 heteroatoms. The van der Waals surface area contributed by atoms with Gasteiger partial charge in [-0.1, -0.05) is 6.07 Å². The lowest BCUT2D eigenvalue weighted by molar-refractivity contribution is -0.119. The van der Waals surface area contributed by atoms with E-state index in [9.17, 15) is 9.59 Å². The monoisotopic (exact) mass is 339 g/mol. The second-order valence-corrected chi connectivity index (χ2v) is 6.04. The Morgan fingerprint density at radius 1 is 1.00 bits per heavy atom. The normalized spacial score (nSPS) is 12.8. The molecule has 1 aliphatic carbocycles. The number of carbonyl (C=O) groups excluding carboxylic acids is 2. The number of methoxy groups -OCH3 is 1. The molecule has 1 N–H and O–H groups in total. The number of ether oxygens (including phenoxy) is 2. The van der Waals surface area contributed by atoms with Crippen molar-refractivity contribution >= 4 is 17.6 Å². The first-order valence-electron chi connectivity index (χ1n) is 8.38. The van der Waals surface area contributed by atoms with Crippen LogP contribution >= 0.6 is 0 Å². The Morgan fingerprint density at radius 3 is 2.44 bits per heavy atom. The van der Waals surface area contributed by atoms with Crippen molar-refractivity contribution in [1.29, 1.82) is 0 Å². The van der Waals surface area contributed by atoms with Crippen LogP contribution < -0.4 is 10.1 Å². The molecule has 130 valence electrons. The number of fused-ring (bicyclic) bond motifs is 1. The van der Waals surface area contributed by atoms with Crippen LogP contribution in [-0.4, -0.2) is 25.6 Å². The van der Waals surface area contributed by atoms with Gasteiger partial charge in [0.1, 0.15) is 5.75 Å². The van der Waals surface area contributed by atoms with Crippen LogP contribution in [-0.2, 0) is 22.4 Å². The van der Waals surface area contributed by atoms with E-state index in [4.69, 9.17) is 9.47 Å². The van der Waals surface area contributed by atoms with E-state index in [2.05, 4.69) is 5.32 Å². The van der Waals surface area contributed by atoms with Gasteiger partial charge < -0.3 is 14.8 Å². The van der Waals surface area contributed by atoms with Gasteiger partial charge in [-0.2, -0.15) is 0 Å². The molecule has 0 aromatic heterocycles. The first kappa shape index (κ1) is 17.0. The van der Waals surface area contributed by atoms with Crippen molar-refractivity contribution in [3.8, 4) is 5.75 Å². The van der Waals surface area contributed by atoms with Crippen molar-refractivity contribution in [3.05, 3.63) is 59.2 Å². The predicted molar refractivity (Wildman–Crippen MR) is 95.0 cm³/mol. The van der Waals surface area contributed by atoms with Crippen LogP contribution in [0, 0.1) is 0 Å². The molecule has 0 radical (unpaired) electrons. The molecule has 2 aromatic carbocycles. The van der Waals surface area contributed by atoms with Crippen molar-refractivity contribution in [2.45, 2.75) is 25.7 Å². The first-order valence-corrected chi connectivity index (χ1v) is 8.38. The summed E-state index contributed by atoms with van der Waals surface area (Å²) in [5, 5.41) is 2.68. The number of anilines is 1. The SMILES string of the molecule is COc1ccc(NC(=O)COC(=O)c2ccc3c(c2)CCCC3)cc1. The van der Waals surface area contributed by atoms with Crippen LogP contribution in [0.3, 0.4) is 0 Å². The summed E-state index contributed by atoms with van der Waals surface area (Å²) >= 11 is 0. The maximum absolute atomic E-state index is 12.2. The third-order valence-electron chi connectivity index (χ3n) is 4.29. The minimum absolute atomic E-state index is 0.318. The molecule has 2 aromatic rings. The molecule has 0 saturated heterocycles. The van der Waals surface area contributed by atoms with Gasteiger partial charge in [0.15, 0.2) is 6.61 Å². The minimum atomic E-state index is -0.474. The molecule has 0 atom stereocenters. The number of hydrogen-bond donors (Lipinski definition) is 1. The van der Waals surface area contributed by atoms with E-state index in [1.54, 1.807) is 37.4 Å². The van der Waals surface area contributed by atoms with E-state index in [0.29, 0.717) is 17.0 Å². The van der Waals surface area contributed by atoms with Gasteiger partial charge in [-0.3, -0.25) is 4.79 Å². The Kier molecular flexibility index (Phi) is 5.33. The van der Waals surface area contributed by atoms with E-state index >= 15 is 0 Å². The third-order valence-corrected chi connectivity index (χ3v) is 4.29. The van der Waals surface area contributed by atoms with Gasteiger partial charge in [0.2, 0.25) is 0 Å². The number of nitrogens with one attached hydrogen (secondary N) is 1. The average molecular weight is 339 g/mol. The van der Waals surface area contributed by atoms with Gasteiger partial charge in [0.05, 0.1) is 12.7 Å². The number of aryl methyl sites for hydroxylation is 2. The smallest absolute Gasteiger partial charge is 0.338 e. The van der Waals surface area contributed by atoms with Crippen LogP contribution in [0.1, 0.15) is 34.3 Å². The predicted octanol–water partition coefficient (Wildman–Crippen LogP) is 3.37. The van der Waals surface area contributed by atoms with Crippen molar-refractivity contribution in [3.63, 3.8) is 0 Å². The van der Waals surface area contributed by atoms with Gasteiger partial charge in [-0.05, 0) is 73.2 Å². The Hall–Kier alpha value is -2.82. The summed E-state index contributed by atoms with van der Waals surface area (Å²) in [6, 6.07) is 12.6. The zero-order chi connectivity index (χ0) is 17.6. The fraction of sp³-hybridized carbons (Fsp3) is 0.300. The van der Waals surface area contributed by atoms with Crippen LogP contribution in [0.5, 0.6) is 5.75 Å². The summed E-state index contributed by atoms with van der Waals surface area (Å²) in [6.45, 7) is -0.318. The molecule has 1 amide bonds. The van der Waals surface area contributed by atoms with Crippen LogP contribution in [0.2, 0.25) is 0 Å². The highest BCUT2D eigenvalue weighted by Gasteiger charge is 2.15. The largest absolute Gasteiger partial charge is 0.497 e. The zero-order valence-electron chi connectivity index (χ0n) is 14.2. The summed E-state index contributed by atoms with van der Waals surface area (Å²) in [6.07, 6.45) is 4.40.